The monoisotopic (exact) mass is 533 g/mol. The van der Waals surface area contributed by atoms with Crippen molar-refractivity contribution in [2.45, 2.75) is 13.0 Å². The van der Waals surface area contributed by atoms with Gasteiger partial charge in [-0.05, 0) is 53.8 Å². The van der Waals surface area contributed by atoms with Crippen LogP contribution in [0.1, 0.15) is 29.0 Å². The van der Waals surface area contributed by atoms with Gasteiger partial charge in [-0.1, -0.05) is 42.5 Å². The first-order chi connectivity index (χ1) is 19.1. The van der Waals surface area contributed by atoms with Crippen LogP contribution in [-0.4, -0.2) is 32.9 Å². The molecule has 0 aliphatic rings. The minimum atomic E-state index is -0.294. The van der Waals surface area contributed by atoms with E-state index in [0.717, 1.165) is 39.0 Å². The van der Waals surface area contributed by atoms with Gasteiger partial charge >= 0.3 is 0 Å². The summed E-state index contributed by atoms with van der Waals surface area (Å²) in [5.74, 6) is 1.06. The number of aldehydes is 1. The number of hydrogen-bond donors (Lipinski definition) is 1. The fourth-order valence-electron chi connectivity index (χ4n) is 4.84. The maximum atomic E-state index is 14.4. The van der Waals surface area contributed by atoms with Crippen molar-refractivity contribution in [2.75, 3.05) is 12.4 Å². The van der Waals surface area contributed by atoms with Crippen LogP contribution >= 0.6 is 11.3 Å². The van der Waals surface area contributed by atoms with E-state index in [2.05, 4.69) is 20.3 Å². The van der Waals surface area contributed by atoms with Gasteiger partial charge in [-0.3, -0.25) is 14.2 Å². The number of anilines is 1. The van der Waals surface area contributed by atoms with E-state index in [0.29, 0.717) is 28.0 Å². The number of benzene rings is 3. The molecule has 0 amide bonds. The van der Waals surface area contributed by atoms with Crippen LogP contribution < -0.4 is 15.6 Å². The number of pyridine rings is 1. The molecule has 6 aromatic rings. The summed E-state index contributed by atoms with van der Waals surface area (Å²) in [7, 11) is 1.52. The highest BCUT2D eigenvalue weighted by atomic mass is 32.1. The average molecular weight is 534 g/mol. The Morgan fingerprint density at radius 2 is 1.85 bits per heavy atom. The molecule has 0 saturated carbocycles. The number of nitrogens with one attached hydrogen (secondary N) is 1. The summed E-state index contributed by atoms with van der Waals surface area (Å²) in [6, 6.07) is 22.4. The molecule has 8 nitrogen and oxygen atoms in total. The van der Waals surface area contributed by atoms with Crippen molar-refractivity contribution in [3.63, 3.8) is 0 Å². The summed E-state index contributed by atoms with van der Waals surface area (Å²) >= 11 is 1.45. The molecule has 9 heteroatoms. The number of fused-ring (bicyclic) bond motifs is 2. The van der Waals surface area contributed by atoms with Crippen molar-refractivity contribution in [3.05, 3.63) is 106 Å². The highest BCUT2D eigenvalue weighted by Crippen LogP contribution is 2.33. The van der Waals surface area contributed by atoms with Crippen molar-refractivity contribution in [1.29, 1.82) is 0 Å². The van der Waals surface area contributed by atoms with Crippen LogP contribution in [0.3, 0.4) is 0 Å². The van der Waals surface area contributed by atoms with Crippen LogP contribution in [0.5, 0.6) is 5.75 Å². The van der Waals surface area contributed by atoms with Gasteiger partial charge in [0, 0.05) is 11.4 Å². The van der Waals surface area contributed by atoms with Crippen molar-refractivity contribution >= 4 is 44.6 Å². The van der Waals surface area contributed by atoms with Gasteiger partial charge in [0.25, 0.3) is 5.56 Å². The SMILES string of the molecule is COc1cc(-c2cccc3cc(C(C)Nc4ncnc5scnc45)n(-c4ccccc4)c(=O)c23)ccc1C=O. The Labute approximate surface area is 227 Å². The molecule has 192 valence electrons. The predicted octanol–water partition coefficient (Wildman–Crippen LogP) is 6.05. The zero-order valence-corrected chi connectivity index (χ0v) is 22.0. The topological polar surface area (TPSA) is 99.0 Å². The fourth-order valence-corrected chi connectivity index (χ4v) is 5.47. The quantitative estimate of drug-likeness (QED) is 0.249. The largest absolute Gasteiger partial charge is 0.496 e. The Morgan fingerprint density at radius 1 is 1.00 bits per heavy atom. The van der Waals surface area contributed by atoms with Gasteiger partial charge in [0.05, 0.1) is 29.6 Å². The molecular weight excluding hydrogens is 510 g/mol. The first kappa shape index (κ1) is 24.4. The molecule has 39 heavy (non-hydrogen) atoms. The van der Waals surface area contributed by atoms with Crippen molar-refractivity contribution < 1.29 is 9.53 Å². The number of methoxy groups -OCH3 is 1. The van der Waals surface area contributed by atoms with Gasteiger partial charge < -0.3 is 10.1 Å². The molecule has 3 heterocycles. The highest BCUT2D eigenvalue weighted by molar-refractivity contribution is 7.16. The van der Waals surface area contributed by atoms with Crippen molar-refractivity contribution in [1.82, 2.24) is 19.5 Å². The lowest BCUT2D eigenvalue weighted by molar-refractivity contribution is 0.112. The normalized spacial score (nSPS) is 11.9. The van der Waals surface area contributed by atoms with Crippen LogP contribution in [0.25, 0.3) is 37.9 Å². The van der Waals surface area contributed by atoms with E-state index < -0.39 is 0 Å². The Morgan fingerprint density at radius 3 is 2.64 bits per heavy atom. The number of nitrogens with zero attached hydrogens (tertiary/aromatic N) is 4. The van der Waals surface area contributed by atoms with E-state index in [1.54, 1.807) is 22.2 Å². The maximum absolute atomic E-state index is 14.4. The molecule has 1 N–H and O–H groups in total. The number of aromatic nitrogens is 4. The van der Waals surface area contributed by atoms with Crippen LogP contribution in [-0.2, 0) is 0 Å². The van der Waals surface area contributed by atoms with E-state index in [1.165, 1.54) is 24.8 Å². The van der Waals surface area contributed by atoms with E-state index in [1.807, 2.05) is 67.6 Å². The average Bonchev–Trinajstić information content (AvgIpc) is 3.47. The zero-order valence-electron chi connectivity index (χ0n) is 21.2. The Hall–Kier alpha value is -4.89. The third-order valence-electron chi connectivity index (χ3n) is 6.69. The number of ether oxygens (including phenoxy) is 1. The van der Waals surface area contributed by atoms with Gasteiger partial charge in [0.15, 0.2) is 12.1 Å². The minimum Gasteiger partial charge on any atom is -0.496 e. The minimum absolute atomic E-state index is 0.155. The van der Waals surface area contributed by atoms with Gasteiger partial charge in [-0.15, -0.1) is 11.3 Å². The summed E-state index contributed by atoms with van der Waals surface area (Å²) in [6.45, 7) is 1.99. The summed E-state index contributed by atoms with van der Waals surface area (Å²) < 4.78 is 7.16. The first-order valence-electron chi connectivity index (χ1n) is 12.3. The lowest BCUT2D eigenvalue weighted by Crippen LogP contribution is -2.26. The van der Waals surface area contributed by atoms with Gasteiger partial charge in [-0.2, -0.15) is 0 Å². The molecule has 0 bridgehead atoms. The van der Waals surface area contributed by atoms with Crippen molar-refractivity contribution in [2.24, 2.45) is 0 Å². The number of para-hydroxylation sites is 1. The van der Waals surface area contributed by atoms with Gasteiger partial charge in [0.2, 0.25) is 0 Å². The zero-order chi connectivity index (χ0) is 26.9. The first-order valence-corrected chi connectivity index (χ1v) is 13.2. The van der Waals surface area contributed by atoms with E-state index in [4.69, 9.17) is 4.74 Å². The molecule has 0 fully saturated rings. The van der Waals surface area contributed by atoms with Gasteiger partial charge in [-0.25, -0.2) is 15.0 Å². The van der Waals surface area contributed by atoms with Gasteiger partial charge in [0.1, 0.15) is 22.4 Å². The molecule has 0 spiro atoms. The third-order valence-corrected chi connectivity index (χ3v) is 7.43. The number of carbonyl (C=O) groups is 1. The van der Waals surface area contributed by atoms with Crippen LogP contribution in [0, 0.1) is 0 Å². The van der Waals surface area contributed by atoms with Crippen LogP contribution in [0.2, 0.25) is 0 Å². The second-order valence-corrected chi connectivity index (χ2v) is 9.82. The Balaban J connectivity index is 1.57. The molecule has 0 aliphatic carbocycles. The van der Waals surface area contributed by atoms with Crippen LogP contribution in [0.4, 0.5) is 5.82 Å². The summed E-state index contributed by atoms with van der Waals surface area (Å²) in [5.41, 5.74) is 5.78. The molecular formula is C30H23N5O3S. The second kappa shape index (κ2) is 10.1. The maximum Gasteiger partial charge on any atom is 0.263 e. The fraction of sp³-hybridized carbons (Fsp3) is 0.100. The summed E-state index contributed by atoms with van der Waals surface area (Å²) in [4.78, 5) is 39.7. The lowest BCUT2D eigenvalue weighted by atomic mass is 9.96. The molecule has 6 rings (SSSR count). The Bertz CT molecular complexity index is 1900. The molecule has 0 saturated heterocycles. The molecule has 0 radical (unpaired) electrons. The number of carbonyl (C=O) groups excluding carboxylic acids is 1. The van der Waals surface area contributed by atoms with E-state index >= 15 is 0 Å². The lowest BCUT2D eigenvalue weighted by Gasteiger charge is -2.22. The number of hydrogen-bond acceptors (Lipinski definition) is 8. The number of rotatable bonds is 7. The highest BCUT2D eigenvalue weighted by Gasteiger charge is 2.20. The summed E-state index contributed by atoms with van der Waals surface area (Å²) in [6.07, 6.45) is 2.27. The molecule has 1 atom stereocenters. The summed E-state index contributed by atoms with van der Waals surface area (Å²) in [5, 5.41) is 4.82. The second-order valence-electron chi connectivity index (χ2n) is 8.98. The molecule has 1 unspecified atom stereocenters. The molecule has 0 aliphatic heterocycles. The standard InChI is InChI=1S/C30H23N5O3S/c1-18(34-28-27-29(32-16-31-28)39-17-33-27)24-13-20-7-6-10-23(19-11-12-21(15-36)25(14-19)38-2)26(20)30(37)35(24)22-8-4-3-5-9-22/h3-18H,1-2H3,(H,31,32,34). The molecule has 3 aromatic carbocycles. The molecule has 3 aromatic heterocycles. The third kappa shape index (κ3) is 4.32. The smallest absolute Gasteiger partial charge is 0.263 e. The van der Waals surface area contributed by atoms with E-state index in [-0.39, 0.29) is 11.6 Å². The predicted molar refractivity (Wildman–Crippen MR) is 154 cm³/mol. The number of thiazole rings is 1. The Kier molecular flexibility index (Phi) is 6.34. The van der Waals surface area contributed by atoms with Crippen molar-refractivity contribution in [3.8, 4) is 22.6 Å². The van der Waals surface area contributed by atoms with Crippen LogP contribution in [0.15, 0.2) is 89.4 Å². The van der Waals surface area contributed by atoms with E-state index in [9.17, 15) is 9.59 Å².